The van der Waals surface area contributed by atoms with Gasteiger partial charge in [-0.25, -0.2) is 13.4 Å². The van der Waals surface area contributed by atoms with Crippen LogP contribution in [0.1, 0.15) is 0 Å². The van der Waals surface area contributed by atoms with Crippen LogP contribution in [0.4, 0.5) is 40.2 Å². The lowest BCUT2D eigenvalue weighted by Gasteiger charge is -2.27. The maximum Gasteiger partial charge on any atom is 0.229 e. The van der Waals surface area contributed by atoms with Crippen molar-refractivity contribution < 1.29 is 18.3 Å². The van der Waals surface area contributed by atoms with E-state index in [-0.39, 0.29) is 22.5 Å². The Morgan fingerprint density at radius 2 is 1.82 bits per heavy atom. The highest BCUT2D eigenvalue weighted by atomic mass is 35.5. The van der Waals surface area contributed by atoms with Gasteiger partial charge in [-0.15, -0.1) is 0 Å². The third-order valence-corrected chi connectivity index (χ3v) is 7.16. The van der Waals surface area contributed by atoms with Gasteiger partial charge < -0.3 is 35.6 Å². The fourth-order valence-electron chi connectivity index (χ4n) is 4.15. The Bertz CT molecular complexity index is 1760. The third kappa shape index (κ3) is 8.13. The Balaban J connectivity index is 1.71. The number of sulfonamides is 1. The van der Waals surface area contributed by atoms with Gasteiger partial charge in [-0.2, -0.15) is 4.98 Å². The molecule has 2 aromatic carbocycles. The van der Waals surface area contributed by atoms with Crippen molar-refractivity contribution in [1.82, 2.24) is 24.8 Å². The van der Waals surface area contributed by atoms with E-state index in [1.165, 1.54) is 24.7 Å². The minimum atomic E-state index is -3.67. The van der Waals surface area contributed by atoms with Crippen LogP contribution in [-0.4, -0.2) is 92.2 Å². The molecule has 1 atom stereocenters. The zero-order chi connectivity index (χ0) is 32.0. The highest BCUT2D eigenvalue weighted by Crippen LogP contribution is 2.39. The number of ether oxygens (including phenoxy) is 1. The lowest BCUT2D eigenvalue weighted by atomic mass is 10.2. The van der Waals surface area contributed by atoms with Crippen molar-refractivity contribution in [2.24, 2.45) is 0 Å². The standard InChI is InChI=1S/C28H35ClN10O4S/c1-7-24(40)33-20-14-21(23(43-5)15-22(20)39(4)13-12-38(2)3)35-28-32-16-17(29)27(36-28)34-19-9-8-18-25(31-11-10-30-18)26(19)37-44(6,41)42/h7-11,14-16,24,33,37,40H,1,12-13H2,2-6H3,(H2,32,34,35,36). The van der Waals surface area contributed by atoms with Crippen molar-refractivity contribution in [2.75, 3.05) is 73.2 Å². The topological polar surface area (TPSA) is 170 Å². The van der Waals surface area contributed by atoms with Crippen molar-refractivity contribution >= 4 is 72.9 Å². The first-order chi connectivity index (χ1) is 20.9. The van der Waals surface area contributed by atoms with E-state index >= 15 is 0 Å². The predicted molar refractivity (Wildman–Crippen MR) is 176 cm³/mol. The van der Waals surface area contributed by atoms with Crippen molar-refractivity contribution in [3.05, 3.63) is 60.5 Å². The monoisotopic (exact) mass is 642 g/mol. The number of nitrogens with one attached hydrogen (secondary N) is 4. The molecule has 0 saturated heterocycles. The fraction of sp³-hybridized carbons (Fsp3) is 0.286. The van der Waals surface area contributed by atoms with E-state index in [0.717, 1.165) is 18.5 Å². The molecule has 0 bridgehead atoms. The molecule has 0 saturated carbocycles. The van der Waals surface area contributed by atoms with Gasteiger partial charge in [0.05, 0.1) is 53.5 Å². The minimum absolute atomic E-state index is 0.164. The number of anilines is 7. The van der Waals surface area contributed by atoms with Crippen molar-refractivity contribution in [3.63, 3.8) is 0 Å². The average Bonchev–Trinajstić information content (AvgIpc) is 2.98. The Morgan fingerprint density at radius 3 is 2.50 bits per heavy atom. The molecule has 44 heavy (non-hydrogen) atoms. The van der Waals surface area contributed by atoms with Gasteiger partial charge >= 0.3 is 0 Å². The van der Waals surface area contributed by atoms with Crippen molar-refractivity contribution in [2.45, 2.75) is 6.23 Å². The zero-order valence-corrected chi connectivity index (χ0v) is 26.5. The summed E-state index contributed by atoms with van der Waals surface area (Å²) in [6, 6.07) is 6.95. The number of nitrogens with zero attached hydrogens (tertiary/aromatic N) is 6. The van der Waals surface area contributed by atoms with E-state index in [2.05, 4.69) is 52.1 Å². The summed E-state index contributed by atoms with van der Waals surface area (Å²) in [5, 5.41) is 19.8. The maximum absolute atomic E-state index is 12.2. The zero-order valence-electron chi connectivity index (χ0n) is 25.0. The molecule has 0 spiro atoms. The van der Waals surface area contributed by atoms with Gasteiger partial charge in [-0.05, 0) is 38.4 Å². The quantitative estimate of drug-likeness (QED) is 0.0993. The predicted octanol–water partition coefficient (Wildman–Crippen LogP) is 3.85. The summed E-state index contributed by atoms with van der Waals surface area (Å²) in [6.45, 7) is 5.17. The van der Waals surface area contributed by atoms with Gasteiger partial charge in [0.25, 0.3) is 0 Å². The molecular weight excluding hydrogens is 608 g/mol. The van der Waals surface area contributed by atoms with Gasteiger partial charge in [0.1, 0.15) is 22.5 Å². The van der Waals surface area contributed by atoms with Crippen molar-refractivity contribution in [3.8, 4) is 5.75 Å². The molecule has 2 aromatic heterocycles. The van der Waals surface area contributed by atoms with E-state index in [1.54, 1.807) is 25.3 Å². The lowest BCUT2D eigenvalue weighted by molar-refractivity contribution is 0.253. The van der Waals surface area contributed by atoms with Crippen molar-refractivity contribution in [1.29, 1.82) is 0 Å². The minimum Gasteiger partial charge on any atom is -0.494 e. The number of hydrogen-bond donors (Lipinski definition) is 5. The van der Waals surface area contributed by atoms with Gasteiger partial charge in [0, 0.05) is 38.6 Å². The Hall–Kier alpha value is -4.44. The second kappa shape index (κ2) is 13.9. The number of likely N-dealkylation sites (N-methyl/N-ethyl adjacent to an activating group) is 2. The molecule has 4 aromatic rings. The van der Waals surface area contributed by atoms with Crippen LogP contribution in [-0.2, 0) is 10.0 Å². The first-order valence-corrected chi connectivity index (χ1v) is 15.6. The number of rotatable bonds is 14. The van der Waals surface area contributed by atoms with E-state index in [0.29, 0.717) is 40.4 Å². The number of benzene rings is 2. The number of aliphatic hydroxyl groups is 1. The molecule has 2 heterocycles. The molecular formula is C28H35ClN10O4S. The van der Waals surface area contributed by atoms with Crippen LogP contribution >= 0.6 is 11.6 Å². The van der Waals surface area contributed by atoms with Crippen LogP contribution in [0.2, 0.25) is 5.02 Å². The number of aromatic nitrogens is 4. The van der Waals surface area contributed by atoms with Gasteiger partial charge in [0.15, 0.2) is 5.82 Å². The molecule has 1 unspecified atom stereocenters. The Morgan fingerprint density at radius 1 is 1.07 bits per heavy atom. The number of halogens is 1. The lowest BCUT2D eigenvalue weighted by Crippen LogP contribution is -2.29. The molecule has 0 radical (unpaired) electrons. The van der Waals surface area contributed by atoms with E-state index < -0.39 is 16.3 Å². The molecule has 0 aliphatic carbocycles. The van der Waals surface area contributed by atoms with E-state index in [4.69, 9.17) is 16.3 Å². The fourth-order valence-corrected chi connectivity index (χ4v) is 4.86. The van der Waals surface area contributed by atoms with Crippen LogP contribution in [0.3, 0.4) is 0 Å². The van der Waals surface area contributed by atoms with Gasteiger partial charge in [-0.3, -0.25) is 14.7 Å². The van der Waals surface area contributed by atoms with Gasteiger partial charge in [0.2, 0.25) is 16.0 Å². The molecule has 234 valence electrons. The largest absolute Gasteiger partial charge is 0.494 e. The number of aliphatic hydroxyl groups excluding tert-OH is 1. The molecule has 0 amide bonds. The molecule has 5 N–H and O–H groups in total. The first-order valence-electron chi connectivity index (χ1n) is 13.3. The van der Waals surface area contributed by atoms with E-state index in [1.807, 2.05) is 32.1 Å². The van der Waals surface area contributed by atoms with E-state index in [9.17, 15) is 13.5 Å². The summed E-state index contributed by atoms with van der Waals surface area (Å²) in [4.78, 5) is 21.5. The molecule has 16 heteroatoms. The second-order valence-electron chi connectivity index (χ2n) is 10.0. The second-order valence-corrected chi connectivity index (χ2v) is 12.2. The third-order valence-electron chi connectivity index (χ3n) is 6.31. The first kappa shape index (κ1) is 32.5. The summed E-state index contributed by atoms with van der Waals surface area (Å²) in [6.07, 6.45) is 5.81. The number of methoxy groups -OCH3 is 1. The SMILES string of the molecule is C=CC(O)Nc1cc(Nc2ncc(Cl)c(Nc3ccc4nccnc4c3NS(C)(=O)=O)n2)c(OC)cc1N(C)CCN(C)C. The number of hydrogen-bond acceptors (Lipinski definition) is 13. The summed E-state index contributed by atoms with van der Waals surface area (Å²) < 4.78 is 32.6. The smallest absolute Gasteiger partial charge is 0.229 e. The highest BCUT2D eigenvalue weighted by Gasteiger charge is 2.19. The highest BCUT2D eigenvalue weighted by molar-refractivity contribution is 7.92. The summed E-state index contributed by atoms with van der Waals surface area (Å²) in [5.41, 5.74) is 3.28. The van der Waals surface area contributed by atoms with Crippen LogP contribution in [0, 0.1) is 0 Å². The summed E-state index contributed by atoms with van der Waals surface area (Å²) in [7, 11) is 3.81. The summed E-state index contributed by atoms with van der Waals surface area (Å²) >= 11 is 6.45. The molecule has 4 rings (SSSR count). The normalized spacial score (nSPS) is 12.1. The average molecular weight is 643 g/mol. The molecule has 0 fully saturated rings. The molecule has 0 aliphatic heterocycles. The van der Waals surface area contributed by atoms with Crippen LogP contribution in [0.25, 0.3) is 11.0 Å². The van der Waals surface area contributed by atoms with Crippen LogP contribution < -0.4 is 30.3 Å². The van der Waals surface area contributed by atoms with Crippen LogP contribution in [0.5, 0.6) is 5.75 Å². The summed E-state index contributed by atoms with van der Waals surface area (Å²) in [5.74, 6) is 0.858. The Kier molecular flexibility index (Phi) is 10.3. The van der Waals surface area contributed by atoms with Crippen LogP contribution in [0.15, 0.2) is 55.5 Å². The van der Waals surface area contributed by atoms with Gasteiger partial charge in [-0.1, -0.05) is 18.2 Å². The molecule has 0 aliphatic rings. The number of fused-ring (bicyclic) bond motifs is 1. The maximum atomic E-state index is 12.2. The Labute approximate surface area is 261 Å². The molecule has 14 nitrogen and oxygen atoms in total.